The predicted octanol–water partition coefficient (Wildman–Crippen LogP) is 2.52. The maximum atomic E-state index is 12.1. The normalized spacial score (nSPS) is 10.3. The minimum atomic E-state index is -0.659. The summed E-state index contributed by atoms with van der Waals surface area (Å²) < 4.78 is 14.9. The molecular formula is C18H20N2O6. The van der Waals surface area contributed by atoms with Gasteiger partial charge in [-0.15, -0.1) is 0 Å². The molecule has 0 radical (unpaired) electrons. The third-order valence-electron chi connectivity index (χ3n) is 3.49. The van der Waals surface area contributed by atoms with Crippen LogP contribution in [0.4, 0.5) is 5.69 Å². The summed E-state index contributed by atoms with van der Waals surface area (Å²) in [4.78, 5) is 35.6. The lowest BCUT2D eigenvalue weighted by molar-refractivity contribution is -0.119. The van der Waals surface area contributed by atoms with E-state index in [1.807, 2.05) is 6.92 Å². The minimum absolute atomic E-state index is 0.249. The zero-order valence-electron chi connectivity index (χ0n) is 14.8. The molecule has 8 heteroatoms. The molecule has 8 nitrogen and oxygen atoms in total. The monoisotopic (exact) mass is 360 g/mol. The van der Waals surface area contributed by atoms with Crippen LogP contribution in [0.5, 0.6) is 0 Å². The van der Waals surface area contributed by atoms with Gasteiger partial charge in [-0.25, -0.2) is 9.59 Å². The number of aryl methyl sites for hydroxylation is 2. The number of esters is 2. The van der Waals surface area contributed by atoms with Crippen LogP contribution in [-0.4, -0.2) is 36.2 Å². The Balaban J connectivity index is 1.89. The van der Waals surface area contributed by atoms with Gasteiger partial charge in [0.05, 0.1) is 17.9 Å². The van der Waals surface area contributed by atoms with Crippen LogP contribution < -0.4 is 5.32 Å². The van der Waals surface area contributed by atoms with E-state index in [1.54, 1.807) is 26.0 Å². The Bertz CT molecular complexity index is 795. The molecule has 1 N–H and O–H groups in total. The van der Waals surface area contributed by atoms with Crippen LogP contribution in [0.3, 0.4) is 0 Å². The van der Waals surface area contributed by atoms with E-state index in [4.69, 9.17) is 14.0 Å². The largest absolute Gasteiger partial charge is 0.462 e. The molecule has 1 heterocycles. The van der Waals surface area contributed by atoms with Crippen molar-refractivity contribution in [1.82, 2.24) is 5.16 Å². The number of anilines is 1. The number of nitrogens with zero attached hydrogens (tertiary/aromatic N) is 1. The standard InChI is InChI=1S/C18H20N2O6/c1-4-14-16(11(3)26-20-14)18(23)25-10-15(21)19-13-8-6-12(7-9-13)17(22)24-5-2/h6-9H,4-5,10H2,1-3H3,(H,19,21). The number of carbonyl (C=O) groups excluding carboxylic acids is 3. The van der Waals surface area contributed by atoms with E-state index in [1.165, 1.54) is 12.1 Å². The number of rotatable bonds is 7. The van der Waals surface area contributed by atoms with Gasteiger partial charge < -0.3 is 19.3 Å². The van der Waals surface area contributed by atoms with Crippen molar-refractivity contribution < 1.29 is 28.4 Å². The van der Waals surface area contributed by atoms with E-state index in [2.05, 4.69) is 10.5 Å². The molecule has 0 fully saturated rings. The van der Waals surface area contributed by atoms with E-state index in [-0.39, 0.29) is 12.2 Å². The van der Waals surface area contributed by atoms with Crippen molar-refractivity contribution in [2.45, 2.75) is 27.2 Å². The highest BCUT2D eigenvalue weighted by Crippen LogP contribution is 2.15. The van der Waals surface area contributed by atoms with Crippen molar-refractivity contribution in [3.63, 3.8) is 0 Å². The topological polar surface area (TPSA) is 108 Å². The van der Waals surface area contributed by atoms with E-state index in [9.17, 15) is 14.4 Å². The fourth-order valence-electron chi connectivity index (χ4n) is 2.23. The zero-order valence-corrected chi connectivity index (χ0v) is 14.8. The number of carbonyl (C=O) groups is 3. The lowest BCUT2D eigenvalue weighted by Crippen LogP contribution is -2.21. The number of aromatic nitrogens is 1. The van der Waals surface area contributed by atoms with E-state index < -0.39 is 24.5 Å². The van der Waals surface area contributed by atoms with Crippen molar-refractivity contribution in [3.05, 3.63) is 46.8 Å². The first-order valence-electron chi connectivity index (χ1n) is 8.15. The molecule has 1 aromatic heterocycles. The van der Waals surface area contributed by atoms with Gasteiger partial charge in [-0.3, -0.25) is 4.79 Å². The minimum Gasteiger partial charge on any atom is -0.462 e. The van der Waals surface area contributed by atoms with E-state index >= 15 is 0 Å². The number of ether oxygens (including phenoxy) is 2. The second-order valence-corrected chi connectivity index (χ2v) is 5.34. The van der Waals surface area contributed by atoms with Crippen LogP contribution in [0.2, 0.25) is 0 Å². The number of hydrogen-bond donors (Lipinski definition) is 1. The molecule has 0 spiro atoms. The van der Waals surface area contributed by atoms with Crippen molar-refractivity contribution in [1.29, 1.82) is 0 Å². The predicted molar refractivity (Wildman–Crippen MR) is 91.9 cm³/mol. The average Bonchev–Trinajstić information content (AvgIpc) is 3.01. The molecule has 0 unspecified atom stereocenters. The lowest BCUT2D eigenvalue weighted by Gasteiger charge is -2.07. The molecular weight excluding hydrogens is 340 g/mol. The molecule has 2 aromatic rings. The third-order valence-corrected chi connectivity index (χ3v) is 3.49. The van der Waals surface area contributed by atoms with Crippen LogP contribution in [0.25, 0.3) is 0 Å². The van der Waals surface area contributed by atoms with Gasteiger partial charge in [0.2, 0.25) is 0 Å². The van der Waals surface area contributed by atoms with Gasteiger partial charge in [-0.1, -0.05) is 12.1 Å². The van der Waals surface area contributed by atoms with E-state index in [0.717, 1.165) is 0 Å². The molecule has 0 aliphatic rings. The Hall–Kier alpha value is -3.16. The molecule has 0 aliphatic carbocycles. The lowest BCUT2D eigenvalue weighted by atomic mass is 10.1. The Labute approximate surface area is 150 Å². The summed E-state index contributed by atoms with van der Waals surface area (Å²) in [5.74, 6) is -1.25. The van der Waals surface area contributed by atoms with Crippen molar-refractivity contribution in [2.75, 3.05) is 18.5 Å². The number of hydrogen-bond acceptors (Lipinski definition) is 7. The Morgan fingerprint density at radius 3 is 2.38 bits per heavy atom. The highest BCUT2D eigenvalue weighted by Gasteiger charge is 2.21. The summed E-state index contributed by atoms with van der Waals surface area (Å²) in [5, 5.41) is 6.35. The highest BCUT2D eigenvalue weighted by molar-refractivity contribution is 5.97. The maximum absolute atomic E-state index is 12.1. The molecule has 1 aromatic carbocycles. The van der Waals surface area contributed by atoms with Gasteiger partial charge >= 0.3 is 11.9 Å². The summed E-state index contributed by atoms with van der Waals surface area (Å²) in [6.07, 6.45) is 0.515. The molecule has 1 amide bonds. The van der Waals surface area contributed by atoms with Crippen LogP contribution in [0.1, 0.15) is 46.0 Å². The van der Waals surface area contributed by atoms with Crippen molar-refractivity contribution >= 4 is 23.5 Å². The fourth-order valence-corrected chi connectivity index (χ4v) is 2.23. The second-order valence-electron chi connectivity index (χ2n) is 5.34. The van der Waals surface area contributed by atoms with Gasteiger partial charge in [-0.2, -0.15) is 0 Å². The third kappa shape index (κ3) is 4.69. The molecule has 0 saturated heterocycles. The highest BCUT2D eigenvalue weighted by atomic mass is 16.5. The number of nitrogens with one attached hydrogen (secondary N) is 1. The quantitative estimate of drug-likeness (QED) is 0.756. The summed E-state index contributed by atoms with van der Waals surface area (Å²) in [6.45, 7) is 4.99. The smallest absolute Gasteiger partial charge is 0.344 e. The van der Waals surface area contributed by atoms with Gasteiger partial charge in [0.1, 0.15) is 11.3 Å². The summed E-state index contributed by atoms with van der Waals surface area (Å²) in [6, 6.07) is 6.19. The van der Waals surface area contributed by atoms with E-state index in [0.29, 0.717) is 29.1 Å². The molecule has 0 bridgehead atoms. The Morgan fingerprint density at radius 2 is 1.77 bits per heavy atom. The van der Waals surface area contributed by atoms with Crippen LogP contribution >= 0.6 is 0 Å². The molecule has 26 heavy (non-hydrogen) atoms. The number of benzene rings is 1. The first kappa shape index (κ1) is 19.2. The van der Waals surface area contributed by atoms with Gasteiger partial charge in [0.25, 0.3) is 5.91 Å². The van der Waals surface area contributed by atoms with Gasteiger partial charge in [0.15, 0.2) is 6.61 Å². The van der Waals surface area contributed by atoms with Crippen molar-refractivity contribution in [2.24, 2.45) is 0 Å². The van der Waals surface area contributed by atoms with Crippen LogP contribution in [0.15, 0.2) is 28.8 Å². The molecule has 138 valence electrons. The molecule has 2 rings (SSSR count). The summed E-state index contributed by atoms with van der Waals surface area (Å²) in [5.41, 5.74) is 1.59. The molecule has 0 saturated carbocycles. The molecule has 0 atom stereocenters. The Morgan fingerprint density at radius 1 is 1.08 bits per heavy atom. The number of amides is 1. The first-order valence-corrected chi connectivity index (χ1v) is 8.15. The second kappa shape index (κ2) is 8.80. The van der Waals surface area contributed by atoms with Gasteiger partial charge in [-0.05, 0) is 44.5 Å². The molecule has 0 aliphatic heterocycles. The summed E-state index contributed by atoms with van der Waals surface area (Å²) >= 11 is 0. The van der Waals surface area contributed by atoms with Crippen LogP contribution in [0, 0.1) is 6.92 Å². The first-order chi connectivity index (χ1) is 12.5. The summed E-state index contributed by atoms with van der Waals surface area (Å²) in [7, 11) is 0. The SMILES string of the molecule is CCOC(=O)c1ccc(NC(=O)COC(=O)c2c(CC)noc2C)cc1. The van der Waals surface area contributed by atoms with Crippen molar-refractivity contribution in [3.8, 4) is 0 Å². The van der Waals surface area contributed by atoms with Gasteiger partial charge in [0, 0.05) is 5.69 Å². The maximum Gasteiger partial charge on any atom is 0.344 e. The zero-order chi connectivity index (χ0) is 19.1. The van der Waals surface area contributed by atoms with Crippen LogP contribution in [-0.2, 0) is 20.7 Å². The Kier molecular flexibility index (Phi) is 6.48. The average molecular weight is 360 g/mol. The fraction of sp³-hybridized carbons (Fsp3) is 0.333.